The Kier molecular flexibility index (Phi) is 6.37. The summed E-state index contributed by atoms with van der Waals surface area (Å²) in [4.78, 5) is 12.7. The SMILES string of the molecule is COc1ccc(N2CCN(c3ncnc(Nc4ccc(Cl)c(C(F)(F)F)c4)c3N)CC2)cc1. The molecule has 0 radical (unpaired) electrons. The predicted molar refractivity (Wildman–Crippen MR) is 124 cm³/mol. The van der Waals surface area contributed by atoms with Crippen molar-refractivity contribution in [2.45, 2.75) is 6.18 Å². The molecular weight excluding hydrogens is 457 g/mol. The van der Waals surface area contributed by atoms with Crippen LogP contribution in [0, 0.1) is 0 Å². The first-order valence-corrected chi connectivity index (χ1v) is 10.5. The van der Waals surface area contributed by atoms with E-state index < -0.39 is 11.7 Å². The number of nitrogen functional groups attached to an aromatic ring is 1. The first-order valence-electron chi connectivity index (χ1n) is 10.1. The molecule has 1 aliphatic rings. The molecule has 11 heteroatoms. The molecule has 2 heterocycles. The molecule has 3 N–H and O–H groups in total. The third-order valence-corrected chi connectivity index (χ3v) is 5.74. The number of hydrogen-bond donors (Lipinski definition) is 2. The van der Waals surface area contributed by atoms with Gasteiger partial charge in [-0.3, -0.25) is 0 Å². The highest BCUT2D eigenvalue weighted by Crippen LogP contribution is 2.37. The number of methoxy groups -OCH3 is 1. The van der Waals surface area contributed by atoms with E-state index in [0.29, 0.717) is 18.9 Å². The number of nitrogens with two attached hydrogens (primary N) is 1. The predicted octanol–water partition coefficient (Wildman–Crippen LogP) is 4.81. The van der Waals surface area contributed by atoms with Gasteiger partial charge in [0, 0.05) is 37.6 Å². The molecule has 4 rings (SSSR count). The van der Waals surface area contributed by atoms with Crippen molar-refractivity contribution in [2.24, 2.45) is 0 Å². The first-order chi connectivity index (χ1) is 15.8. The van der Waals surface area contributed by atoms with Crippen molar-refractivity contribution < 1.29 is 17.9 Å². The van der Waals surface area contributed by atoms with Crippen LogP contribution in [-0.4, -0.2) is 43.3 Å². The molecule has 1 fully saturated rings. The number of alkyl halides is 3. The van der Waals surface area contributed by atoms with E-state index in [-0.39, 0.29) is 22.2 Å². The number of hydrogen-bond acceptors (Lipinski definition) is 7. The van der Waals surface area contributed by atoms with E-state index in [2.05, 4.69) is 20.2 Å². The summed E-state index contributed by atoms with van der Waals surface area (Å²) in [5, 5.41) is 2.48. The van der Waals surface area contributed by atoms with Gasteiger partial charge in [-0.05, 0) is 42.5 Å². The third-order valence-electron chi connectivity index (χ3n) is 5.41. The Balaban J connectivity index is 1.48. The minimum Gasteiger partial charge on any atom is -0.497 e. The lowest BCUT2D eigenvalue weighted by Crippen LogP contribution is -2.47. The fourth-order valence-electron chi connectivity index (χ4n) is 3.66. The summed E-state index contributed by atoms with van der Waals surface area (Å²) in [6.45, 7) is 2.85. The summed E-state index contributed by atoms with van der Waals surface area (Å²) in [5.74, 6) is 1.56. The van der Waals surface area contributed by atoms with Crippen LogP contribution < -0.4 is 25.6 Å². The molecule has 0 amide bonds. The minimum atomic E-state index is -4.57. The molecule has 0 bridgehead atoms. The van der Waals surface area contributed by atoms with Crippen molar-refractivity contribution in [1.29, 1.82) is 0 Å². The summed E-state index contributed by atoms with van der Waals surface area (Å²) < 4.78 is 44.7. The summed E-state index contributed by atoms with van der Waals surface area (Å²) in [6.07, 6.45) is -3.23. The molecule has 0 saturated carbocycles. The number of halogens is 4. The lowest BCUT2D eigenvalue weighted by molar-refractivity contribution is -0.137. The van der Waals surface area contributed by atoms with Crippen molar-refractivity contribution in [3.05, 3.63) is 59.4 Å². The number of rotatable bonds is 5. The second-order valence-electron chi connectivity index (χ2n) is 7.45. The number of nitrogens with zero attached hydrogens (tertiary/aromatic N) is 4. The normalized spacial score (nSPS) is 14.3. The lowest BCUT2D eigenvalue weighted by Gasteiger charge is -2.37. The number of nitrogens with one attached hydrogen (secondary N) is 1. The molecule has 3 aromatic rings. The Labute approximate surface area is 193 Å². The van der Waals surface area contributed by atoms with Crippen LogP contribution in [0.1, 0.15) is 5.56 Å². The number of ether oxygens (including phenoxy) is 1. The van der Waals surface area contributed by atoms with Crippen LogP contribution in [-0.2, 0) is 6.18 Å². The van der Waals surface area contributed by atoms with Crippen LogP contribution in [0.5, 0.6) is 5.75 Å². The third kappa shape index (κ3) is 5.00. The molecule has 1 saturated heterocycles. The van der Waals surface area contributed by atoms with Gasteiger partial charge in [0.25, 0.3) is 0 Å². The van der Waals surface area contributed by atoms with Crippen LogP contribution in [0.2, 0.25) is 5.02 Å². The molecular formula is C22H22ClF3N6O. The number of piperazine rings is 1. The Morgan fingerprint density at radius 2 is 1.67 bits per heavy atom. The summed E-state index contributed by atoms with van der Waals surface area (Å²) in [7, 11) is 1.63. The Bertz CT molecular complexity index is 1120. The fraction of sp³-hybridized carbons (Fsp3) is 0.273. The molecule has 0 aliphatic carbocycles. The minimum absolute atomic E-state index is 0.174. The lowest BCUT2D eigenvalue weighted by atomic mass is 10.2. The smallest absolute Gasteiger partial charge is 0.417 e. The van der Waals surface area contributed by atoms with Gasteiger partial charge in [0.1, 0.15) is 17.8 Å². The van der Waals surface area contributed by atoms with E-state index >= 15 is 0 Å². The summed E-state index contributed by atoms with van der Waals surface area (Å²) in [6, 6.07) is 11.4. The van der Waals surface area contributed by atoms with Crippen molar-refractivity contribution in [3.63, 3.8) is 0 Å². The second kappa shape index (κ2) is 9.22. The Morgan fingerprint density at radius 3 is 2.30 bits per heavy atom. The quantitative estimate of drug-likeness (QED) is 0.544. The van der Waals surface area contributed by atoms with E-state index in [9.17, 15) is 13.2 Å². The Morgan fingerprint density at radius 1 is 1.00 bits per heavy atom. The average Bonchev–Trinajstić information content (AvgIpc) is 2.81. The van der Waals surface area contributed by atoms with Crippen LogP contribution in [0.25, 0.3) is 0 Å². The topological polar surface area (TPSA) is 79.5 Å². The number of anilines is 5. The molecule has 1 aliphatic heterocycles. The highest BCUT2D eigenvalue weighted by atomic mass is 35.5. The van der Waals surface area contributed by atoms with Crippen molar-refractivity contribution in [1.82, 2.24) is 9.97 Å². The van der Waals surface area contributed by atoms with Gasteiger partial charge in [-0.25, -0.2) is 9.97 Å². The second-order valence-corrected chi connectivity index (χ2v) is 7.86. The van der Waals surface area contributed by atoms with Gasteiger partial charge in [-0.2, -0.15) is 13.2 Å². The molecule has 0 unspecified atom stereocenters. The molecule has 7 nitrogen and oxygen atoms in total. The molecule has 2 aromatic carbocycles. The molecule has 1 aromatic heterocycles. The van der Waals surface area contributed by atoms with Gasteiger partial charge in [0.2, 0.25) is 0 Å². The zero-order chi connectivity index (χ0) is 23.6. The van der Waals surface area contributed by atoms with Crippen molar-refractivity contribution in [3.8, 4) is 5.75 Å². The zero-order valence-electron chi connectivity index (χ0n) is 17.7. The summed E-state index contributed by atoms with van der Waals surface area (Å²) in [5.41, 5.74) is 6.89. The van der Waals surface area contributed by atoms with Crippen LogP contribution in [0.15, 0.2) is 48.8 Å². The molecule has 0 atom stereocenters. The van der Waals surface area contributed by atoms with Crippen molar-refractivity contribution >= 4 is 40.3 Å². The largest absolute Gasteiger partial charge is 0.497 e. The van der Waals surface area contributed by atoms with E-state index in [1.54, 1.807) is 7.11 Å². The van der Waals surface area contributed by atoms with Gasteiger partial charge in [-0.15, -0.1) is 0 Å². The first kappa shape index (κ1) is 22.8. The van der Waals surface area contributed by atoms with Crippen molar-refractivity contribution in [2.75, 3.05) is 54.1 Å². The summed E-state index contributed by atoms with van der Waals surface area (Å²) >= 11 is 5.70. The van der Waals surface area contributed by atoms with Crippen LogP contribution in [0.4, 0.5) is 41.9 Å². The number of benzene rings is 2. The molecule has 174 valence electrons. The van der Waals surface area contributed by atoms with E-state index in [4.69, 9.17) is 22.1 Å². The highest BCUT2D eigenvalue weighted by molar-refractivity contribution is 6.31. The fourth-order valence-corrected chi connectivity index (χ4v) is 3.89. The maximum Gasteiger partial charge on any atom is 0.417 e. The molecule has 0 spiro atoms. The monoisotopic (exact) mass is 478 g/mol. The van der Waals surface area contributed by atoms with Gasteiger partial charge < -0.3 is 25.6 Å². The van der Waals surface area contributed by atoms with E-state index in [1.807, 2.05) is 29.2 Å². The van der Waals surface area contributed by atoms with E-state index in [1.165, 1.54) is 18.5 Å². The van der Waals surface area contributed by atoms with Gasteiger partial charge in [0.05, 0.1) is 17.7 Å². The standard InChI is InChI=1S/C22H22ClF3N6O/c1-33-16-5-3-15(4-6-16)31-8-10-32(11-9-31)21-19(27)20(28-13-29-21)30-14-2-7-18(23)17(12-14)22(24,25)26/h2-7,12-13H,8-11,27H2,1H3,(H,28,29,30). The highest BCUT2D eigenvalue weighted by Gasteiger charge is 2.33. The Hall–Kier alpha value is -3.40. The van der Waals surface area contributed by atoms with Gasteiger partial charge in [-0.1, -0.05) is 11.6 Å². The van der Waals surface area contributed by atoms with E-state index in [0.717, 1.165) is 30.6 Å². The van der Waals surface area contributed by atoms with Crippen LogP contribution >= 0.6 is 11.6 Å². The van der Waals surface area contributed by atoms with Crippen LogP contribution in [0.3, 0.4) is 0 Å². The van der Waals surface area contributed by atoms with Gasteiger partial charge in [0.15, 0.2) is 11.6 Å². The maximum atomic E-state index is 13.2. The maximum absolute atomic E-state index is 13.2. The van der Waals surface area contributed by atoms with Gasteiger partial charge >= 0.3 is 6.18 Å². The zero-order valence-corrected chi connectivity index (χ0v) is 18.5. The number of aromatic nitrogens is 2. The average molecular weight is 479 g/mol. The molecule has 33 heavy (non-hydrogen) atoms.